The summed E-state index contributed by atoms with van der Waals surface area (Å²) in [5.41, 5.74) is 2.49. The van der Waals surface area contributed by atoms with Gasteiger partial charge in [-0.15, -0.1) is 0 Å². The second-order valence-electron chi connectivity index (χ2n) is 5.99. The van der Waals surface area contributed by atoms with Gasteiger partial charge in [-0.25, -0.2) is 4.79 Å². The summed E-state index contributed by atoms with van der Waals surface area (Å²) in [6, 6.07) is 9.32. The van der Waals surface area contributed by atoms with Gasteiger partial charge in [0.25, 0.3) is 0 Å². The third-order valence-corrected chi connectivity index (χ3v) is 4.31. The number of aromatic amines is 1. The maximum atomic E-state index is 11.3. The first-order chi connectivity index (χ1) is 10.7. The van der Waals surface area contributed by atoms with Crippen LogP contribution < -0.4 is 0 Å². The number of aromatic carboxylic acids is 1. The SMILES string of the molecule is O=C(O)c1ccccc1CN1CCCC(Cc2ccn[nH]2)C1. The van der Waals surface area contributed by atoms with E-state index in [-0.39, 0.29) is 0 Å². The van der Waals surface area contributed by atoms with E-state index in [4.69, 9.17) is 0 Å². The first-order valence-corrected chi connectivity index (χ1v) is 7.74. The van der Waals surface area contributed by atoms with Crippen molar-refractivity contribution in [2.45, 2.75) is 25.8 Å². The molecule has 1 aromatic carbocycles. The molecule has 0 aliphatic carbocycles. The molecule has 3 rings (SSSR count). The molecule has 2 aromatic rings. The van der Waals surface area contributed by atoms with E-state index in [2.05, 4.69) is 15.1 Å². The van der Waals surface area contributed by atoms with Crippen molar-refractivity contribution < 1.29 is 9.90 Å². The van der Waals surface area contributed by atoms with Crippen molar-refractivity contribution in [1.29, 1.82) is 0 Å². The molecule has 2 heterocycles. The number of carbonyl (C=O) groups is 1. The van der Waals surface area contributed by atoms with E-state index in [0.717, 1.165) is 31.5 Å². The molecule has 1 unspecified atom stereocenters. The molecule has 1 atom stereocenters. The van der Waals surface area contributed by atoms with Crippen LogP contribution in [0.3, 0.4) is 0 Å². The van der Waals surface area contributed by atoms with Crippen molar-refractivity contribution in [3.63, 3.8) is 0 Å². The summed E-state index contributed by atoms with van der Waals surface area (Å²) >= 11 is 0. The third-order valence-electron chi connectivity index (χ3n) is 4.31. The number of carboxylic acids is 1. The zero-order valence-electron chi connectivity index (χ0n) is 12.5. The molecule has 1 fully saturated rings. The Morgan fingerprint density at radius 2 is 2.23 bits per heavy atom. The number of rotatable bonds is 5. The Morgan fingerprint density at radius 1 is 1.36 bits per heavy atom. The van der Waals surface area contributed by atoms with E-state index >= 15 is 0 Å². The molecular weight excluding hydrogens is 278 g/mol. The Labute approximate surface area is 130 Å². The molecule has 22 heavy (non-hydrogen) atoms. The van der Waals surface area contributed by atoms with Gasteiger partial charge in [-0.3, -0.25) is 10.00 Å². The molecule has 0 radical (unpaired) electrons. The van der Waals surface area contributed by atoms with Crippen LogP contribution in [0.15, 0.2) is 36.5 Å². The van der Waals surface area contributed by atoms with Crippen LogP contribution in [0, 0.1) is 5.92 Å². The van der Waals surface area contributed by atoms with E-state index in [1.807, 2.05) is 18.2 Å². The van der Waals surface area contributed by atoms with Gasteiger partial charge < -0.3 is 5.11 Å². The van der Waals surface area contributed by atoms with Gasteiger partial charge in [0.1, 0.15) is 0 Å². The molecule has 0 spiro atoms. The number of aromatic nitrogens is 2. The molecule has 0 amide bonds. The van der Waals surface area contributed by atoms with E-state index in [9.17, 15) is 9.90 Å². The predicted molar refractivity (Wildman–Crippen MR) is 83.7 cm³/mol. The fraction of sp³-hybridized carbons (Fsp3) is 0.412. The van der Waals surface area contributed by atoms with Crippen molar-refractivity contribution in [2.75, 3.05) is 13.1 Å². The molecular formula is C17H21N3O2. The highest BCUT2D eigenvalue weighted by atomic mass is 16.4. The average Bonchev–Trinajstić information content (AvgIpc) is 3.01. The van der Waals surface area contributed by atoms with E-state index in [1.165, 1.54) is 12.1 Å². The van der Waals surface area contributed by atoms with Crippen molar-refractivity contribution in [1.82, 2.24) is 15.1 Å². The quantitative estimate of drug-likeness (QED) is 0.890. The molecule has 0 saturated carbocycles. The maximum Gasteiger partial charge on any atom is 0.336 e. The first-order valence-electron chi connectivity index (χ1n) is 7.74. The van der Waals surface area contributed by atoms with Gasteiger partial charge in [0.2, 0.25) is 0 Å². The van der Waals surface area contributed by atoms with Crippen LogP contribution in [-0.2, 0) is 13.0 Å². The minimum absolute atomic E-state index is 0.415. The van der Waals surface area contributed by atoms with Crippen molar-refractivity contribution in [2.24, 2.45) is 5.92 Å². The average molecular weight is 299 g/mol. The van der Waals surface area contributed by atoms with Gasteiger partial charge in [-0.05, 0) is 49.4 Å². The summed E-state index contributed by atoms with van der Waals surface area (Å²) in [4.78, 5) is 13.7. The molecule has 1 aliphatic rings. The number of hydrogen-bond donors (Lipinski definition) is 2. The fourth-order valence-corrected chi connectivity index (χ4v) is 3.28. The predicted octanol–water partition coefficient (Wildman–Crippen LogP) is 2.56. The normalized spacial score (nSPS) is 19.2. The maximum absolute atomic E-state index is 11.3. The number of nitrogens with zero attached hydrogens (tertiary/aromatic N) is 2. The number of H-pyrrole nitrogens is 1. The van der Waals surface area contributed by atoms with Gasteiger partial charge in [0.15, 0.2) is 0 Å². The number of nitrogens with one attached hydrogen (secondary N) is 1. The van der Waals surface area contributed by atoms with Crippen molar-refractivity contribution >= 4 is 5.97 Å². The van der Waals surface area contributed by atoms with E-state index < -0.39 is 5.97 Å². The number of hydrogen-bond acceptors (Lipinski definition) is 3. The van der Waals surface area contributed by atoms with Crippen molar-refractivity contribution in [3.05, 3.63) is 53.3 Å². The second-order valence-corrected chi connectivity index (χ2v) is 5.99. The summed E-state index contributed by atoms with van der Waals surface area (Å²) in [5.74, 6) is -0.243. The zero-order valence-corrected chi connectivity index (χ0v) is 12.5. The van der Waals surface area contributed by atoms with Crippen molar-refractivity contribution in [3.8, 4) is 0 Å². The van der Waals surface area contributed by atoms with Crippen LogP contribution in [0.4, 0.5) is 0 Å². The van der Waals surface area contributed by atoms with E-state index in [1.54, 1.807) is 18.3 Å². The molecule has 1 aromatic heterocycles. The monoisotopic (exact) mass is 299 g/mol. The highest BCUT2D eigenvalue weighted by molar-refractivity contribution is 5.89. The molecule has 5 heteroatoms. The van der Waals surface area contributed by atoms with Crippen LogP contribution in [0.5, 0.6) is 0 Å². The van der Waals surface area contributed by atoms with Crippen LogP contribution in [0.25, 0.3) is 0 Å². The van der Waals surface area contributed by atoms with Gasteiger partial charge in [-0.2, -0.15) is 5.10 Å². The Kier molecular flexibility index (Phi) is 4.53. The smallest absolute Gasteiger partial charge is 0.336 e. The van der Waals surface area contributed by atoms with Crippen LogP contribution in [0.2, 0.25) is 0 Å². The highest BCUT2D eigenvalue weighted by Crippen LogP contribution is 2.22. The summed E-state index contributed by atoms with van der Waals surface area (Å²) in [5, 5.41) is 16.3. The molecule has 1 aliphatic heterocycles. The Hall–Kier alpha value is -2.14. The summed E-state index contributed by atoms with van der Waals surface area (Å²) < 4.78 is 0. The van der Waals surface area contributed by atoms with Gasteiger partial charge in [0, 0.05) is 25.0 Å². The molecule has 5 nitrogen and oxygen atoms in total. The fourth-order valence-electron chi connectivity index (χ4n) is 3.28. The lowest BCUT2D eigenvalue weighted by atomic mass is 9.93. The largest absolute Gasteiger partial charge is 0.478 e. The standard InChI is InChI=1S/C17H21N3O2/c21-17(22)16-6-2-1-5-14(16)12-20-9-3-4-13(11-20)10-15-7-8-18-19-15/h1-2,5-8,13H,3-4,9-12H2,(H,18,19)(H,21,22). The van der Waals surface area contributed by atoms with Crippen LogP contribution in [-0.4, -0.2) is 39.3 Å². The van der Waals surface area contributed by atoms with Gasteiger partial charge in [0.05, 0.1) is 5.56 Å². The zero-order chi connectivity index (χ0) is 15.4. The summed E-state index contributed by atoms with van der Waals surface area (Å²) in [6.07, 6.45) is 5.18. The number of likely N-dealkylation sites (tertiary alicyclic amines) is 1. The second kappa shape index (κ2) is 6.75. The number of benzene rings is 1. The Balaban J connectivity index is 1.64. The van der Waals surface area contributed by atoms with Crippen LogP contribution >= 0.6 is 0 Å². The highest BCUT2D eigenvalue weighted by Gasteiger charge is 2.22. The molecule has 1 saturated heterocycles. The minimum atomic E-state index is -0.846. The Bertz CT molecular complexity index is 625. The first kappa shape index (κ1) is 14.8. The van der Waals surface area contributed by atoms with Crippen LogP contribution in [0.1, 0.15) is 34.5 Å². The molecule has 116 valence electrons. The topological polar surface area (TPSA) is 69.2 Å². The third kappa shape index (κ3) is 3.54. The van der Waals surface area contributed by atoms with Gasteiger partial charge >= 0.3 is 5.97 Å². The van der Waals surface area contributed by atoms with Gasteiger partial charge in [-0.1, -0.05) is 18.2 Å². The minimum Gasteiger partial charge on any atom is -0.478 e. The lowest BCUT2D eigenvalue weighted by Crippen LogP contribution is -2.36. The number of carboxylic acid groups (broad SMARTS) is 1. The number of piperidine rings is 1. The molecule has 2 N–H and O–H groups in total. The summed E-state index contributed by atoms with van der Waals surface area (Å²) in [7, 11) is 0. The lowest BCUT2D eigenvalue weighted by Gasteiger charge is -2.32. The Morgan fingerprint density at radius 3 is 3.00 bits per heavy atom. The lowest BCUT2D eigenvalue weighted by molar-refractivity contribution is 0.0693. The molecule has 0 bridgehead atoms. The van der Waals surface area contributed by atoms with E-state index in [0.29, 0.717) is 18.0 Å². The summed E-state index contributed by atoms with van der Waals surface area (Å²) in [6.45, 7) is 2.75.